The second-order valence-electron chi connectivity index (χ2n) is 2.89. The molecule has 5 N–H and O–H groups in total. The van der Waals surface area contributed by atoms with E-state index in [2.05, 4.69) is 20.3 Å². The molecule has 1 aliphatic heterocycles. The van der Waals surface area contributed by atoms with E-state index in [1.165, 1.54) is 6.33 Å². The molecular formula is C7H11N5O. The number of aliphatic hydroxyl groups excluding tert-OH is 1. The Bertz CT molecular complexity index is 331. The minimum Gasteiger partial charge on any atom is -0.389 e. The molecule has 6 heteroatoms. The lowest BCUT2D eigenvalue weighted by Crippen LogP contribution is -2.39. The molecule has 13 heavy (non-hydrogen) atoms. The highest BCUT2D eigenvalue weighted by Gasteiger charge is 2.16. The number of anilines is 1. The molecule has 1 aromatic rings. The summed E-state index contributed by atoms with van der Waals surface area (Å²) in [5.74, 6) is 1.09. The first-order chi connectivity index (χ1) is 6.27. The quantitative estimate of drug-likeness (QED) is 0.433. The summed E-state index contributed by atoms with van der Waals surface area (Å²) in [6.45, 7) is 0.901. The number of H-pyrrole nitrogens is 1. The van der Waals surface area contributed by atoms with Crippen LogP contribution in [0.15, 0.2) is 11.3 Å². The van der Waals surface area contributed by atoms with Gasteiger partial charge < -0.3 is 21.1 Å². The van der Waals surface area contributed by atoms with E-state index in [0.717, 1.165) is 0 Å². The third-order valence-corrected chi connectivity index (χ3v) is 1.87. The van der Waals surface area contributed by atoms with Crippen LogP contribution in [0.5, 0.6) is 0 Å². The number of β-amino-alcohol motifs (C(OH)–C–C–N with tert-alkyl or cyclic N) is 1. The number of hydrogen-bond donors (Lipinski definition) is 4. The third-order valence-electron chi connectivity index (χ3n) is 1.87. The van der Waals surface area contributed by atoms with Gasteiger partial charge in [0.05, 0.1) is 19.0 Å². The van der Waals surface area contributed by atoms with Gasteiger partial charge in [0.1, 0.15) is 11.5 Å². The van der Waals surface area contributed by atoms with Crippen molar-refractivity contribution in [3.05, 3.63) is 12.0 Å². The topological polar surface area (TPSA) is 99.3 Å². The Morgan fingerprint density at radius 3 is 3.00 bits per heavy atom. The average molecular weight is 181 g/mol. The summed E-state index contributed by atoms with van der Waals surface area (Å²) in [6.07, 6.45) is 1.10. The van der Waals surface area contributed by atoms with Gasteiger partial charge in [0.25, 0.3) is 0 Å². The van der Waals surface area contributed by atoms with Crippen molar-refractivity contribution in [3.8, 4) is 0 Å². The van der Waals surface area contributed by atoms with Crippen LogP contribution in [0.4, 0.5) is 5.82 Å². The molecule has 0 bridgehead atoms. The maximum Gasteiger partial charge on any atom is 0.152 e. The lowest BCUT2D eigenvalue weighted by Gasteiger charge is -2.18. The fourth-order valence-electron chi connectivity index (χ4n) is 1.19. The summed E-state index contributed by atoms with van der Waals surface area (Å²) in [7, 11) is 0. The van der Waals surface area contributed by atoms with Crippen LogP contribution in [0, 0.1) is 0 Å². The Hall–Kier alpha value is -1.56. The van der Waals surface area contributed by atoms with E-state index in [1.54, 1.807) is 0 Å². The zero-order valence-corrected chi connectivity index (χ0v) is 6.99. The van der Waals surface area contributed by atoms with Gasteiger partial charge in [-0.1, -0.05) is 0 Å². The molecule has 70 valence electrons. The first-order valence-corrected chi connectivity index (χ1v) is 4.03. The Morgan fingerprint density at radius 1 is 1.62 bits per heavy atom. The van der Waals surface area contributed by atoms with E-state index in [-0.39, 0.29) is 0 Å². The predicted molar refractivity (Wildman–Crippen MR) is 48.4 cm³/mol. The number of imidazole rings is 1. The smallest absolute Gasteiger partial charge is 0.152 e. The molecule has 0 spiro atoms. The molecule has 6 nitrogen and oxygen atoms in total. The Balaban J connectivity index is 2.23. The van der Waals surface area contributed by atoms with Crippen molar-refractivity contribution in [1.82, 2.24) is 15.3 Å². The Morgan fingerprint density at radius 2 is 2.46 bits per heavy atom. The van der Waals surface area contributed by atoms with Gasteiger partial charge in [-0.2, -0.15) is 0 Å². The number of hydrogen-bond acceptors (Lipinski definition) is 5. The number of aliphatic hydroxyl groups is 1. The summed E-state index contributed by atoms with van der Waals surface area (Å²) in [6, 6.07) is 0. The van der Waals surface area contributed by atoms with Gasteiger partial charge in [0, 0.05) is 6.54 Å². The molecule has 0 fully saturated rings. The first-order valence-electron chi connectivity index (χ1n) is 4.03. The molecular weight excluding hydrogens is 170 g/mol. The molecule has 0 radical (unpaired) electrons. The SMILES string of the molecule is Nc1nc[nH]c1C1=NCC(O)CN1. The van der Waals surface area contributed by atoms with E-state index in [0.29, 0.717) is 30.4 Å². The van der Waals surface area contributed by atoms with E-state index in [1.807, 2.05) is 0 Å². The zero-order valence-electron chi connectivity index (χ0n) is 6.99. The summed E-state index contributed by atoms with van der Waals surface area (Å²) >= 11 is 0. The van der Waals surface area contributed by atoms with Gasteiger partial charge in [-0.05, 0) is 0 Å². The van der Waals surface area contributed by atoms with Crippen molar-refractivity contribution in [2.45, 2.75) is 6.10 Å². The summed E-state index contributed by atoms with van der Waals surface area (Å²) < 4.78 is 0. The van der Waals surface area contributed by atoms with Gasteiger partial charge >= 0.3 is 0 Å². The zero-order chi connectivity index (χ0) is 9.26. The highest BCUT2D eigenvalue weighted by Crippen LogP contribution is 2.06. The lowest BCUT2D eigenvalue weighted by molar-refractivity contribution is 0.181. The van der Waals surface area contributed by atoms with Crippen molar-refractivity contribution in [3.63, 3.8) is 0 Å². The molecule has 2 rings (SSSR count). The summed E-state index contributed by atoms with van der Waals surface area (Å²) in [4.78, 5) is 10.8. The molecule has 0 saturated heterocycles. The molecule has 0 amide bonds. The highest BCUT2D eigenvalue weighted by atomic mass is 16.3. The second kappa shape index (κ2) is 3.06. The normalized spacial score (nSPS) is 22.2. The van der Waals surface area contributed by atoms with Crippen LogP contribution in [0.3, 0.4) is 0 Å². The maximum atomic E-state index is 9.17. The lowest BCUT2D eigenvalue weighted by atomic mass is 10.2. The second-order valence-corrected chi connectivity index (χ2v) is 2.89. The minimum atomic E-state index is -0.409. The van der Waals surface area contributed by atoms with Gasteiger partial charge in [-0.15, -0.1) is 0 Å². The summed E-state index contributed by atoms with van der Waals surface area (Å²) in [5, 5.41) is 12.1. The fourth-order valence-corrected chi connectivity index (χ4v) is 1.19. The van der Waals surface area contributed by atoms with Crippen molar-refractivity contribution in [1.29, 1.82) is 0 Å². The number of aromatic amines is 1. The summed E-state index contributed by atoms with van der Waals surface area (Å²) in [5.41, 5.74) is 6.27. The fraction of sp³-hybridized carbons (Fsp3) is 0.429. The van der Waals surface area contributed by atoms with Crippen molar-refractivity contribution in [2.24, 2.45) is 4.99 Å². The van der Waals surface area contributed by atoms with Crippen LogP contribution < -0.4 is 11.1 Å². The molecule has 1 aromatic heterocycles. The maximum absolute atomic E-state index is 9.17. The Kier molecular flexibility index (Phi) is 1.90. The van der Waals surface area contributed by atoms with Gasteiger partial charge in [0.15, 0.2) is 5.82 Å². The highest BCUT2D eigenvalue weighted by molar-refractivity contribution is 6.01. The van der Waals surface area contributed by atoms with E-state index in [9.17, 15) is 0 Å². The van der Waals surface area contributed by atoms with Crippen LogP contribution in [0.1, 0.15) is 5.69 Å². The minimum absolute atomic E-state index is 0.404. The molecule has 1 atom stereocenters. The van der Waals surface area contributed by atoms with E-state index >= 15 is 0 Å². The number of nitrogens with zero attached hydrogens (tertiary/aromatic N) is 2. The standard InChI is InChI=1S/C7H11N5O/c8-6-5(11-3-12-6)7-9-1-4(13)2-10-7/h3-4,13H,1-2,8H2,(H,9,10)(H,11,12). The number of nitrogens with one attached hydrogen (secondary N) is 2. The molecule has 1 aliphatic rings. The number of aromatic nitrogens is 2. The van der Waals surface area contributed by atoms with Crippen LogP contribution >= 0.6 is 0 Å². The molecule has 2 heterocycles. The molecule has 0 aliphatic carbocycles. The van der Waals surface area contributed by atoms with E-state index < -0.39 is 6.10 Å². The predicted octanol–water partition coefficient (Wildman–Crippen LogP) is -1.30. The van der Waals surface area contributed by atoms with Gasteiger partial charge in [0.2, 0.25) is 0 Å². The van der Waals surface area contributed by atoms with Crippen LogP contribution in [-0.4, -0.2) is 40.1 Å². The largest absolute Gasteiger partial charge is 0.389 e. The van der Waals surface area contributed by atoms with Crippen molar-refractivity contribution >= 4 is 11.7 Å². The number of amidine groups is 1. The molecule has 1 unspecified atom stereocenters. The number of aliphatic imine (C=N–C) groups is 1. The van der Waals surface area contributed by atoms with Crippen molar-refractivity contribution in [2.75, 3.05) is 18.8 Å². The first kappa shape index (κ1) is 8.06. The number of nitrogen functional groups attached to an aromatic ring is 1. The van der Waals surface area contributed by atoms with Crippen molar-refractivity contribution < 1.29 is 5.11 Å². The van der Waals surface area contributed by atoms with Gasteiger partial charge in [-0.25, -0.2) is 4.98 Å². The number of nitrogens with two attached hydrogens (primary N) is 1. The number of rotatable bonds is 1. The molecule has 0 saturated carbocycles. The van der Waals surface area contributed by atoms with Gasteiger partial charge in [-0.3, -0.25) is 4.99 Å². The average Bonchev–Trinajstić information content (AvgIpc) is 2.53. The van der Waals surface area contributed by atoms with Crippen LogP contribution in [-0.2, 0) is 0 Å². The van der Waals surface area contributed by atoms with Crippen LogP contribution in [0.25, 0.3) is 0 Å². The molecule has 0 aromatic carbocycles. The van der Waals surface area contributed by atoms with Crippen LogP contribution in [0.2, 0.25) is 0 Å². The van der Waals surface area contributed by atoms with E-state index in [4.69, 9.17) is 10.8 Å². The Labute approximate surface area is 74.9 Å². The monoisotopic (exact) mass is 181 g/mol. The third kappa shape index (κ3) is 1.48.